The molecule has 5 aromatic heterocycles. The van der Waals surface area contributed by atoms with E-state index in [9.17, 15) is 5.26 Å². The SMILES string of the molecule is Cn1c(Nc2cc(C(C)(C)C#N)n(C3CCOC3)n2)nc2ncc(Oc3cnc4ccnn4c3)c(Cl)c21. The van der Waals surface area contributed by atoms with Crippen LogP contribution in [0.1, 0.15) is 32.0 Å². The van der Waals surface area contributed by atoms with Gasteiger partial charge in [-0.15, -0.1) is 0 Å². The van der Waals surface area contributed by atoms with Crippen LogP contribution >= 0.6 is 11.6 Å². The molecule has 37 heavy (non-hydrogen) atoms. The van der Waals surface area contributed by atoms with Crippen molar-refractivity contribution in [3.05, 3.63) is 47.6 Å². The van der Waals surface area contributed by atoms with E-state index in [2.05, 4.69) is 31.4 Å². The largest absolute Gasteiger partial charge is 0.451 e. The highest BCUT2D eigenvalue weighted by Gasteiger charge is 2.31. The van der Waals surface area contributed by atoms with E-state index >= 15 is 0 Å². The molecule has 1 unspecified atom stereocenters. The first-order chi connectivity index (χ1) is 17.8. The van der Waals surface area contributed by atoms with Gasteiger partial charge in [-0.25, -0.2) is 14.5 Å². The van der Waals surface area contributed by atoms with Crippen LogP contribution in [0.4, 0.5) is 11.8 Å². The molecule has 0 spiro atoms. The van der Waals surface area contributed by atoms with Gasteiger partial charge in [0.15, 0.2) is 28.6 Å². The van der Waals surface area contributed by atoms with E-state index in [-0.39, 0.29) is 6.04 Å². The van der Waals surface area contributed by atoms with Crippen molar-refractivity contribution in [2.45, 2.75) is 31.7 Å². The molecule has 1 aliphatic rings. The number of nitrogens with one attached hydrogen (secondary N) is 1. The monoisotopic (exact) mass is 518 g/mol. The van der Waals surface area contributed by atoms with Crippen LogP contribution in [0.5, 0.6) is 11.5 Å². The van der Waals surface area contributed by atoms with E-state index in [1.807, 2.05) is 31.6 Å². The van der Waals surface area contributed by atoms with Gasteiger partial charge in [0.1, 0.15) is 10.5 Å². The predicted octanol–water partition coefficient (Wildman–Crippen LogP) is 4.16. The van der Waals surface area contributed by atoms with Crippen LogP contribution in [0.25, 0.3) is 16.8 Å². The standard InChI is InChI=1S/C24H23ClN10O2/c1-24(2,13-26)17-8-18(32-35(17)14-5-7-36-12-14)30-23-31-22-21(33(23)3)20(25)16(10-28-22)37-15-9-27-19-4-6-29-34(19)11-15/h4,6,8-11,14H,5,7,12H2,1-3H3,(H,28,30,31,32). The van der Waals surface area contributed by atoms with Gasteiger partial charge >= 0.3 is 0 Å². The van der Waals surface area contributed by atoms with E-state index in [0.29, 0.717) is 58.3 Å². The lowest BCUT2D eigenvalue weighted by Gasteiger charge is -2.20. The van der Waals surface area contributed by atoms with Crippen LogP contribution in [0.2, 0.25) is 5.02 Å². The first kappa shape index (κ1) is 23.2. The Hall–Kier alpha value is -4.21. The summed E-state index contributed by atoms with van der Waals surface area (Å²) in [5.41, 5.74) is 1.83. The molecule has 1 atom stereocenters. The first-order valence-corrected chi connectivity index (χ1v) is 12.1. The number of fused-ring (bicyclic) bond motifs is 2. The Morgan fingerprint density at radius 2 is 2.16 bits per heavy atom. The minimum absolute atomic E-state index is 0.0740. The molecular weight excluding hydrogens is 496 g/mol. The number of hydrogen-bond acceptors (Lipinski definition) is 9. The van der Waals surface area contributed by atoms with Crippen LogP contribution in [-0.4, -0.2) is 52.1 Å². The molecule has 5 aromatic rings. The molecule has 1 saturated heterocycles. The number of imidazole rings is 1. The number of anilines is 2. The molecule has 0 aliphatic carbocycles. The zero-order valence-electron chi connectivity index (χ0n) is 20.4. The summed E-state index contributed by atoms with van der Waals surface area (Å²) in [6, 6.07) is 6.12. The van der Waals surface area contributed by atoms with Gasteiger partial charge in [0.2, 0.25) is 5.95 Å². The van der Waals surface area contributed by atoms with Crippen molar-refractivity contribution in [2.24, 2.45) is 7.05 Å². The fraction of sp³-hybridized carbons (Fsp3) is 0.333. The normalized spacial score (nSPS) is 15.9. The van der Waals surface area contributed by atoms with Crippen LogP contribution in [-0.2, 0) is 17.2 Å². The van der Waals surface area contributed by atoms with Gasteiger partial charge in [0, 0.05) is 25.8 Å². The Kier molecular flexibility index (Phi) is 5.47. The zero-order chi connectivity index (χ0) is 25.7. The molecule has 12 nitrogen and oxygen atoms in total. The highest BCUT2D eigenvalue weighted by Crippen LogP contribution is 2.36. The van der Waals surface area contributed by atoms with E-state index in [0.717, 1.165) is 12.1 Å². The third kappa shape index (κ3) is 4.02. The molecule has 6 heterocycles. The van der Waals surface area contributed by atoms with Crippen molar-refractivity contribution in [1.82, 2.24) is 38.9 Å². The number of nitrogens with zero attached hydrogens (tertiary/aromatic N) is 9. The molecule has 1 fully saturated rings. The van der Waals surface area contributed by atoms with Gasteiger partial charge in [0.25, 0.3) is 0 Å². The number of nitriles is 1. The van der Waals surface area contributed by atoms with Crippen LogP contribution in [0.3, 0.4) is 0 Å². The number of hydrogen-bond donors (Lipinski definition) is 1. The van der Waals surface area contributed by atoms with Crippen LogP contribution < -0.4 is 10.1 Å². The number of halogens is 1. The third-order valence-corrected chi connectivity index (χ3v) is 6.77. The van der Waals surface area contributed by atoms with Crippen molar-refractivity contribution < 1.29 is 9.47 Å². The summed E-state index contributed by atoms with van der Waals surface area (Å²) in [5, 5.41) is 22.3. The van der Waals surface area contributed by atoms with Crippen molar-refractivity contribution in [3.63, 3.8) is 0 Å². The minimum atomic E-state index is -0.729. The maximum atomic E-state index is 9.75. The average Bonchev–Trinajstić information content (AvgIpc) is 3.68. The van der Waals surface area contributed by atoms with Gasteiger partial charge in [-0.2, -0.15) is 20.4 Å². The molecule has 0 aromatic carbocycles. The summed E-state index contributed by atoms with van der Waals surface area (Å²) in [7, 11) is 1.83. The Balaban J connectivity index is 1.33. The molecule has 0 saturated carbocycles. The van der Waals surface area contributed by atoms with Gasteiger partial charge in [-0.1, -0.05) is 11.6 Å². The Labute approximate surface area is 216 Å². The molecule has 1 aliphatic heterocycles. The summed E-state index contributed by atoms with van der Waals surface area (Å²) < 4.78 is 16.8. The second-order valence-corrected chi connectivity index (χ2v) is 9.75. The quantitative estimate of drug-likeness (QED) is 0.351. The molecule has 1 N–H and O–H groups in total. The van der Waals surface area contributed by atoms with Crippen molar-refractivity contribution in [1.29, 1.82) is 5.26 Å². The number of ether oxygens (including phenoxy) is 2. The molecule has 13 heteroatoms. The molecule has 6 rings (SSSR count). The fourth-order valence-corrected chi connectivity index (χ4v) is 4.65. The first-order valence-electron chi connectivity index (χ1n) is 11.7. The van der Waals surface area contributed by atoms with Crippen molar-refractivity contribution in [2.75, 3.05) is 18.5 Å². The number of aryl methyl sites for hydroxylation is 1. The van der Waals surface area contributed by atoms with Crippen LogP contribution in [0.15, 0.2) is 36.9 Å². The summed E-state index contributed by atoms with van der Waals surface area (Å²) in [6.07, 6.45) is 7.33. The van der Waals surface area contributed by atoms with Gasteiger partial charge in [-0.3, -0.25) is 4.68 Å². The summed E-state index contributed by atoms with van der Waals surface area (Å²) >= 11 is 6.74. The van der Waals surface area contributed by atoms with E-state index < -0.39 is 5.41 Å². The molecule has 188 valence electrons. The van der Waals surface area contributed by atoms with Crippen molar-refractivity contribution in [3.8, 4) is 17.6 Å². The van der Waals surface area contributed by atoms with Gasteiger partial charge < -0.3 is 19.4 Å². The summed E-state index contributed by atoms with van der Waals surface area (Å²) in [6.45, 7) is 4.98. The molecular formula is C24H23ClN10O2. The second kappa shape index (κ2) is 8.72. The Morgan fingerprint density at radius 1 is 1.30 bits per heavy atom. The second-order valence-electron chi connectivity index (χ2n) is 9.37. The highest BCUT2D eigenvalue weighted by atomic mass is 35.5. The maximum Gasteiger partial charge on any atom is 0.210 e. The van der Waals surface area contributed by atoms with E-state index in [4.69, 9.17) is 26.2 Å². The van der Waals surface area contributed by atoms with E-state index in [1.54, 1.807) is 33.7 Å². The average molecular weight is 519 g/mol. The summed E-state index contributed by atoms with van der Waals surface area (Å²) in [5.74, 6) is 1.89. The molecule has 0 bridgehead atoms. The topological polar surface area (TPSA) is 133 Å². The van der Waals surface area contributed by atoms with Gasteiger partial charge in [0.05, 0.1) is 54.6 Å². The summed E-state index contributed by atoms with van der Waals surface area (Å²) in [4.78, 5) is 13.4. The number of aromatic nitrogens is 8. The lowest BCUT2D eigenvalue weighted by atomic mass is 9.91. The number of rotatable bonds is 6. The lowest BCUT2D eigenvalue weighted by molar-refractivity contribution is 0.183. The maximum absolute atomic E-state index is 9.75. The Bertz CT molecular complexity index is 1670. The molecule has 0 amide bonds. The van der Waals surface area contributed by atoms with Crippen LogP contribution in [0, 0.1) is 11.3 Å². The zero-order valence-corrected chi connectivity index (χ0v) is 21.1. The Morgan fingerprint density at radius 3 is 2.95 bits per heavy atom. The number of pyridine rings is 1. The van der Waals surface area contributed by atoms with Gasteiger partial charge in [-0.05, 0) is 20.3 Å². The third-order valence-electron chi connectivity index (χ3n) is 6.40. The molecule has 0 radical (unpaired) electrons. The predicted molar refractivity (Wildman–Crippen MR) is 135 cm³/mol. The fourth-order valence-electron chi connectivity index (χ4n) is 4.36. The minimum Gasteiger partial charge on any atom is -0.451 e. The van der Waals surface area contributed by atoms with E-state index in [1.165, 1.54) is 6.20 Å². The smallest absolute Gasteiger partial charge is 0.210 e. The lowest BCUT2D eigenvalue weighted by Crippen LogP contribution is -2.23. The highest BCUT2D eigenvalue weighted by molar-refractivity contribution is 6.36. The van der Waals surface area contributed by atoms with Crippen molar-refractivity contribution >= 4 is 40.2 Å².